The smallest absolute Gasteiger partial charge is 0.274 e. The van der Waals surface area contributed by atoms with Crippen molar-refractivity contribution in [3.63, 3.8) is 0 Å². The Morgan fingerprint density at radius 2 is 1.48 bits per heavy atom. The molecular weight excluding hydrogens is 338 g/mol. The van der Waals surface area contributed by atoms with Gasteiger partial charge < -0.3 is 9.84 Å². The van der Waals surface area contributed by atoms with Crippen LogP contribution in [0.5, 0.6) is 0 Å². The molecule has 1 atom stereocenters. The molecule has 1 N–H and O–H groups in total. The number of nitrogens with one attached hydrogen (secondary N) is 1. The van der Waals surface area contributed by atoms with Crippen LogP contribution < -0.4 is 5.32 Å². The first-order valence-electron chi connectivity index (χ1n) is 8.59. The summed E-state index contributed by atoms with van der Waals surface area (Å²) in [4.78, 5) is 16.9. The molecule has 2 aromatic carbocycles. The summed E-state index contributed by atoms with van der Waals surface area (Å²) in [6.45, 7) is 0. The molecule has 5 heteroatoms. The van der Waals surface area contributed by atoms with Crippen LogP contribution in [0.2, 0.25) is 0 Å². The highest BCUT2D eigenvalue weighted by molar-refractivity contribution is 5.93. The van der Waals surface area contributed by atoms with E-state index in [2.05, 4.69) is 15.5 Å². The van der Waals surface area contributed by atoms with Crippen molar-refractivity contribution in [2.75, 3.05) is 0 Å². The van der Waals surface area contributed by atoms with E-state index < -0.39 is 0 Å². The Morgan fingerprint density at radius 3 is 2.19 bits per heavy atom. The number of nitrogens with zero attached hydrogens (tertiary/aromatic N) is 2. The topological polar surface area (TPSA) is 68.0 Å². The number of hydrogen-bond donors (Lipinski definition) is 1. The fraction of sp³-hybridized carbons (Fsp3) is 0.0455. The molecule has 2 aromatic heterocycles. The van der Waals surface area contributed by atoms with E-state index >= 15 is 0 Å². The summed E-state index contributed by atoms with van der Waals surface area (Å²) >= 11 is 0. The SMILES string of the molecule is O=C(NC(c1ccccc1)c1ccncc1)c1cc(-c2ccccc2)on1. The van der Waals surface area contributed by atoms with Crippen molar-refractivity contribution in [2.45, 2.75) is 6.04 Å². The van der Waals surface area contributed by atoms with Crippen molar-refractivity contribution in [1.29, 1.82) is 0 Å². The van der Waals surface area contributed by atoms with Gasteiger partial charge in [0.15, 0.2) is 11.5 Å². The predicted molar refractivity (Wildman–Crippen MR) is 102 cm³/mol. The number of amides is 1. The largest absolute Gasteiger partial charge is 0.355 e. The van der Waals surface area contributed by atoms with E-state index in [1.165, 1.54) is 0 Å². The van der Waals surface area contributed by atoms with Gasteiger partial charge in [0.1, 0.15) is 0 Å². The number of pyridine rings is 1. The second-order valence-corrected chi connectivity index (χ2v) is 6.04. The number of aromatic nitrogens is 2. The quantitative estimate of drug-likeness (QED) is 0.581. The second kappa shape index (κ2) is 7.66. The monoisotopic (exact) mass is 355 g/mol. The molecule has 4 aromatic rings. The molecule has 0 aliphatic carbocycles. The lowest BCUT2D eigenvalue weighted by Gasteiger charge is -2.19. The van der Waals surface area contributed by atoms with Gasteiger partial charge in [0, 0.05) is 24.0 Å². The van der Waals surface area contributed by atoms with Crippen LogP contribution in [0, 0.1) is 0 Å². The Kier molecular flexibility index (Phi) is 4.74. The Bertz CT molecular complexity index is 976. The number of benzene rings is 2. The summed E-state index contributed by atoms with van der Waals surface area (Å²) in [6, 6.07) is 24.5. The van der Waals surface area contributed by atoms with Crippen LogP contribution in [-0.2, 0) is 0 Å². The van der Waals surface area contributed by atoms with Crippen LogP contribution in [0.25, 0.3) is 11.3 Å². The molecule has 2 heterocycles. The number of hydrogen-bond acceptors (Lipinski definition) is 4. The van der Waals surface area contributed by atoms with Gasteiger partial charge in [0.2, 0.25) is 0 Å². The maximum atomic E-state index is 12.8. The number of carbonyl (C=O) groups excluding carboxylic acids is 1. The number of rotatable bonds is 5. The molecule has 0 aliphatic heterocycles. The molecule has 4 rings (SSSR count). The minimum atomic E-state index is -0.307. The fourth-order valence-corrected chi connectivity index (χ4v) is 2.89. The van der Waals surface area contributed by atoms with Gasteiger partial charge in [-0.1, -0.05) is 65.8 Å². The van der Waals surface area contributed by atoms with Gasteiger partial charge in [-0.15, -0.1) is 0 Å². The Labute approximate surface area is 156 Å². The zero-order valence-corrected chi connectivity index (χ0v) is 14.4. The molecule has 0 fully saturated rings. The lowest BCUT2D eigenvalue weighted by molar-refractivity contribution is 0.0934. The van der Waals surface area contributed by atoms with E-state index in [4.69, 9.17) is 4.52 Å². The summed E-state index contributed by atoms with van der Waals surface area (Å²) in [5.74, 6) is 0.257. The molecule has 132 valence electrons. The normalized spacial score (nSPS) is 11.7. The molecule has 0 bridgehead atoms. The summed E-state index contributed by atoms with van der Waals surface area (Å²) in [7, 11) is 0. The van der Waals surface area contributed by atoms with Crippen LogP contribution in [0.3, 0.4) is 0 Å². The van der Waals surface area contributed by atoms with Gasteiger partial charge in [-0.25, -0.2) is 0 Å². The molecule has 1 unspecified atom stereocenters. The van der Waals surface area contributed by atoms with E-state index in [9.17, 15) is 4.79 Å². The number of carbonyl (C=O) groups is 1. The van der Waals surface area contributed by atoms with E-state index in [0.717, 1.165) is 16.7 Å². The van der Waals surface area contributed by atoms with E-state index in [1.54, 1.807) is 18.5 Å². The first-order valence-corrected chi connectivity index (χ1v) is 8.59. The zero-order chi connectivity index (χ0) is 18.5. The van der Waals surface area contributed by atoms with E-state index in [-0.39, 0.29) is 17.6 Å². The molecule has 0 spiro atoms. The summed E-state index contributed by atoms with van der Waals surface area (Å²) in [5, 5.41) is 6.97. The molecule has 0 aliphatic rings. The zero-order valence-electron chi connectivity index (χ0n) is 14.4. The van der Waals surface area contributed by atoms with Crippen molar-refractivity contribution in [2.24, 2.45) is 0 Å². The van der Waals surface area contributed by atoms with Crippen molar-refractivity contribution >= 4 is 5.91 Å². The highest BCUT2D eigenvalue weighted by Crippen LogP contribution is 2.23. The fourth-order valence-electron chi connectivity index (χ4n) is 2.89. The molecule has 1 amide bonds. The average molecular weight is 355 g/mol. The standard InChI is InChI=1S/C22H17N3O2/c26-22(19-15-20(27-25-19)16-7-3-1-4-8-16)24-21(17-9-5-2-6-10-17)18-11-13-23-14-12-18/h1-15,21H,(H,24,26). The van der Waals surface area contributed by atoms with Crippen LogP contribution in [0.15, 0.2) is 95.8 Å². The molecule has 0 radical (unpaired) electrons. The van der Waals surface area contributed by atoms with Gasteiger partial charge in [-0.2, -0.15) is 0 Å². The van der Waals surface area contributed by atoms with E-state index in [0.29, 0.717) is 5.76 Å². The first-order chi connectivity index (χ1) is 13.3. The lowest BCUT2D eigenvalue weighted by atomic mass is 9.99. The Morgan fingerprint density at radius 1 is 0.852 bits per heavy atom. The maximum Gasteiger partial charge on any atom is 0.274 e. The summed E-state index contributed by atoms with van der Waals surface area (Å²) in [5.41, 5.74) is 3.03. The third-order valence-corrected chi connectivity index (χ3v) is 4.25. The van der Waals surface area contributed by atoms with Gasteiger partial charge in [0.25, 0.3) is 5.91 Å². The van der Waals surface area contributed by atoms with E-state index in [1.807, 2.05) is 72.8 Å². The minimum absolute atomic E-state index is 0.240. The predicted octanol–water partition coefficient (Wildman–Crippen LogP) is 4.26. The molecule has 0 saturated heterocycles. The molecular formula is C22H17N3O2. The van der Waals surface area contributed by atoms with Crippen LogP contribution >= 0.6 is 0 Å². The molecule has 27 heavy (non-hydrogen) atoms. The van der Waals surface area contributed by atoms with Crippen LogP contribution in [0.1, 0.15) is 27.7 Å². The van der Waals surface area contributed by atoms with Gasteiger partial charge >= 0.3 is 0 Å². The first kappa shape index (κ1) is 16.7. The minimum Gasteiger partial charge on any atom is -0.355 e. The Balaban J connectivity index is 1.60. The lowest BCUT2D eigenvalue weighted by Crippen LogP contribution is -2.29. The van der Waals surface area contributed by atoms with Crippen molar-refractivity contribution in [3.05, 3.63) is 108 Å². The van der Waals surface area contributed by atoms with Crippen molar-refractivity contribution in [1.82, 2.24) is 15.5 Å². The highest BCUT2D eigenvalue weighted by atomic mass is 16.5. The molecule has 5 nitrogen and oxygen atoms in total. The van der Waals surface area contributed by atoms with Crippen LogP contribution in [-0.4, -0.2) is 16.0 Å². The maximum absolute atomic E-state index is 12.8. The van der Waals surface area contributed by atoms with Crippen molar-refractivity contribution < 1.29 is 9.32 Å². The summed E-state index contributed by atoms with van der Waals surface area (Å²) < 4.78 is 5.34. The Hall–Kier alpha value is -3.73. The molecule has 0 saturated carbocycles. The van der Waals surface area contributed by atoms with Gasteiger partial charge in [0.05, 0.1) is 6.04 Å². The second-order valence-electron chi connectivity index (χ2n) is 6.04. The third-order valence-electron chi connectivity index (χ3n) is 4.25. The van der Waals surface area contributed by atoms with Crippen molar-refractivity contribution in [3.8, 4) is 11.3 Å². The average Bonchev–Trinajstić information content (AvgIpc) is 3.24. The highest BCUT2D eigenvalue weighted by Gasteiger charge is 2.20. The van der Waals surface area contributed by atoms with Gasteiger partial charge in [-0.05, 0) is 23.3 Å². The van der Waals surface area contributed by atoms with Crippen LogP contribution in [0.4, 0.5) is 0 Å². The summed E-state index contributed by atoms with van der Waals surface area (Å²) in [6.07, 6.45) is 3.42. The third kappa shape index (κ3) is 3.77. The van der Waals surface area contributed by atoms with Gasteiger partial charge in [-0.3, -0.25) is 9.78 Å².